The molecule has 0 spiro atoms. The van der Waals surface area contributed by atoms with Crippen molar-refractivity contribution < 1.29 is 12.8 Å². The third-order valence-corrected chi connectivity index (χ3v) is 5.67. The molecule has 0 aromatic heterocycles. The highest BCUT2D eigenvalue weighted by atomic mass is 32.2. The number of halogens is 1. The number of hydrogen-bond donors (Lipinski definition) is 1. The average molecular weight is 269 g/mol. The summed E-state index contributed by atoms with van der Waals surface area (Å²) >= 11 is 0. The zero-order valence-corrected chi connectivity index (χ0v) is 10.8. The molecule has 0 radical (unpaired) electrons. The highest BCUT2D eigenvalue weighted by Crippen LogP contribution is 2.44. The van der Waals surface area contributed by atoms with Crippen LogP contribution in [0.3, 0.4) is 0 Å². The second-order valence-corrected chi connectivity index (χ2v) is 7.07. The maximum Gasteiger partial charge on any atom is 0.240 e. The van der Waals surface area contributed by atoms with Gasteiger partial charge >= 0.3 is 0 Å². The van der Waals surface area contributed by atoms with Crippen molar-refractivity contribution >= 4 is 10.0 Å². The summed E-state index contributed by atoms with van der Waals surface area (Å²) in [7, 11) is -3.50. The van der Waals surface area contributed by atoms with Crippen LogP contribution in [0.15, 0.2) is 29.2 Å². The lowest BCUT2D eigenvalue weighted by atomic mass is 9.96. The topological polar surface area (TPSA) is 46.2 Å². The van der Waals surface area contributed by atoms with Crippen LogP contribution in [0.25, 0.3) is 0 Å². The van der Waals surface area contributed by atoms with Gasteiger partial charge in [0.15, 0.2) is 0 Å². The first-order chi connectivity index (χ1) is 8.54. The smallest absolute Gasteiger partial charge is 0.208 e. The highest BCUT2D eigenvalue weighted by molar-refractivity contribution is 7.89. The molecule has 1 N–H and O–H groups in total. The lowest BCUT2D eigenvalue weighted by Gasteiger charge is -2.22. The van der Waals surface area contributed by atoms with Crippen LogP contribution in [0.5, 0.6) is 0 Å². The summed E-state index contributed by atoms with van der Waals surface area (Å²) in [5, 5.41) is 0. The van der Waals surface area contributed by atoms with Crippen LogP contribution in [0.2, 0.25) is 0 Å². The lowest BCUT2D eigenvalue weighted by molar-refractivity contribution is 0.390. The first kappa shape index (κ1) is 12.1. The van der Waals surface area contributed by atoms with Gasteiger partial charge in [-0.3, -0.25) is 0 Å². The molecule has 1 aromatic rings. The van der Waals surface area contributed by atoms with Crippen LogP contribution >= 0.6 is 0 Å². The number of nitrogens with one attached hydrogen (secondary N) is 1. The Morgan fingerprint density at radius 2 is 1.83 bits per heavy atom. The van der Waals surface area contributed by atoms with Gasteiger partial charge in [-0.05, 0) is 55.4 Å². The summed E-state index contributed by atoms with van der Waals surface area (Å²) in [6.07, 6.45) is 4.46. The van der Waals surface area contributed by atoms with Crippen molar-refractivity contribution in [2.24, 2.45) is 11.8 Å². The SMILES string of the molecule is O=S(=O)(N[C@@H]1C[C@H]2CC[C@@H]1C2)c1ccc(F)cc1. The molecule has 2 aliphatic rings. The predicted molar refractivity (Wildman–Crippen MR) is 66.0 cm³/mol. The van der Waals surface area contributed by atoms with E-state index < -0.39 is 15.8 Å². The normalized spacial score (nSPS) is 30.8. The number of hydrogen-bond acceptors (Lipinski definition) is 2. The van der Waals surface area contributed by atoms with E-state index in [1.807, 2.05) is 0 Å². The summed E-state index contributed by atoms with van der Waals surface area (Å²) in [6, 6.07) is 5.04. The Morgan fingerprint density at radius 3 is 2.39 bits per heavy atom. The molecule has 98 valence electrons. The second kappa shape index (κ2) is 4.31. The van der Waals surface area contributed by atoms with E-state index in [0.717, 1.165) is 19.3 Å². The molecule has 0 saturated heterocycles. The molecule has 2 aliphatic carbocycles. The lowest BCUT2D eigenvalue weighted by Crippen LogP contribution is -2.38. The summed E-state index contributed by atoms with van der Waals surface area (Å²) in [5.41, 5.74) is 0. The minimum absolute atomic E-state index is 0.0683. The monoisotopic (exact) mass is 269 g/mol. The molecule has 1 aromatic carbocycles. The number of benzene rings is 1. The van der Waals surface area contributed by atoms with Crippen LogP contribution < -0.4 is 4.72 Å². The third kappa shape index (κ3) is 2.17. The number of sulfonamides is 1. The summed E-state index contributed by atoms with van der Waals surface area (Å²) in [6.45, 7) is 0. The minimum atomic E-state index is -3.50. The first-order valence-electron chi connectivity index (χ1n) is 6.32. The molecule has 0 aliphatic heterocycles. The Labute approximate surface area is 106 Å². The molecule has 0 amide bonds. The molecule has 5 heteroatoms. The summed E-state index contributed by atoms with van der Waals surface area (Å²) in [4.78, 5) is 0.145. The molecular weight excluding hydrogens is 253 g/mol. The van der Waals surface area contributed by atoms with Gasteiger partial charge in [0.25, 0.3) is 0 Å². The summed E-state index contributed by atoms with van der Waals surface area (Å²) in [5.74, 6) is 0.759. The quantitative estimate of drug-likeness (QED) is 0.915. The average Bonchev–Trinajstić information content (AvgIpc) is 2.91. The second-order valence-electron chi connectivity index (χ2n) is 5.36. The van der Waals surface area contributed by atoms with E-state index in [-0.39, 0.29) is 10.9 Å². The minimum Gasteiger partial charge on any atom is -0.208 e. The zero-order valence-electron chi connectivity index (χ0n) is 9.97. The van der Waals surface area contributed by atoms with Crippen molar-refractivity contribution in [3.05, 3.63) is 30.1 Å². The fourth-order valence-electron chi connectivity index (χ4n) is 3.27. The standard InChI is InChI=1S/C13H16FNO2S/c14-11-3-5-12(6-4-11)18(16,17)15-13-8-9-1-2-10(13)7-9/h3-6,9-10,13,15H,1-2,7-8H2/t9-,10+,13+/m0/s1. The summed E-state index contributed by atoms with van der Waals surface area (Å²) < 4.78 is 39.8. The van der Waals surface area contributed by atoms with Crippen LogP contribution in [0.1, 0.15) is 25.7 Å². The maximum absolute atomic E-state index is 12.8. The van der Waals surface area contributed by atoms with E-state index in [4.69, 9.17) is 0 Å². The molecular formula is C13H16FNO2S. The van der Waals surface area contributed by atoms with E-state index in [1.54, 1.807) is 0 Å². The van der Waals surface area contributed by atoms with Gasteiger partial charge in [0.1, 0.15) is 5.82 Å². The Bertz CT molecular complexity index is 541. The molecule has 3 atom stereocenters. The third-order valence-electron chi connectivity index (χ3n) is 4.17. The number of fused-ring (bicyclic) bond motifs is 2. The molecule has 3 nitrogen and oxygen atoms in total. The van der Waals surface area contributed by atoms with Gasteiger partial charge in [-0.15, -0.1) is 0 Å². The van der Waals surface area contributed by atoms with Gasteiger partial charge in [-0.1, -0.05) is 6.42 Å². The molecule has 2 saturated carbocycles. The van der Waals surface area contributed by atoms with E-state index in [0.29, 0.717) is 11.8 Å². The fraction of sp³-hybridized carbons (Fsp3) is 0.538. The van der Waals surface area contributed by atoms with Crippen molar-refractivity contribution in [1.82, 2.24) is 4.72 Å². The highest BCUT2D eigenvalue weighted by Gasteiger charge is 2.41. The van der Waals surface area contributed by atoms with Crippen molar-refractivity contribution in [3.8, 4) is 0 Å². The Balaban J connectivity index is 1.77. The molecule has 18 heavy (non-hydrogen) atoms. The van der Waals surface area contributed by atoms with Gasteiger partial charge in [0.2, 0.25) is 10.0 Å². The van der Waals surface area contributed by atoms with E-state index in [9.17, 15) is 12.8 Å². The van der Waals surface area contributed by atoms with E-state index >= 15 is 0 Å². The van der Waals surface area contributed by atoms with Crippen LogP contribution in [0.4, 0.5) is 4.39 Å². The Hall–Kier alpha value is -0.940. The number of rotatable bonds is 3. The van der Waals surface area contributed by atoms with Gasteiger partial charge in [-0.2, -0.15) is 0 Å². The van der Waals surface area contributed by atoms with Gasteiger partial charge in [0.05, 0.1) is 4.90 Å². The van der Waals surface area contributed by atoms with E-state index in [2.05, 4.69) is 4.72 Å². The maximum atomic E-state index is 12.8. The first-order valence-corrected chi connectivity index (χ1v) is 7.81. The molecule has 2 fully saturated rings. The molecule has 3 rings (SSSR count). The van der Waals surface area contributed by atoms with Crippen molar-refractivity contribution in [3.63, 3.8) is 0 Å². The Kier molecular flexibility index (Phi) is 2.90. The van der Waals surface area contributed by atoms with Gasteiger partial charge < -0.3 is 0 Å². The zero-order chi connectivity index (χ0) is 12.8. The van der Waals surface area contributed by atoms with Crippen molar-refractivity contribution in [1.29, 1.82) is 0 Å². The van der Waals surface area contributed by atoms with Crippen molar-refractivity contribution in [2.75, 3.05) is 0 Å². The van der Waals surface area contributed by atoms with Crippen molar-refractivity contribution in [2.45, 2.75) is 36.6 Å². The molecule has 0 heterocycles. The van der Waals surface area contributed by atoms with Crippen LogP contribution in [-0.2, 0) is 10.0 Å². The van der Waals surface area contributed by atoms with Gasteiger partial charge in [-0.25, -0.2) is 17.5 Å². The largest absolute Gasteiger partial charge is 0.240 e. The van der Waals surface area contributed by atoms with Crippen LogP contribution in [-0.4, -0.2) is 14.5 Å². The van der Waals surface area contributed by atoms with Gasteiger partial charge in [0, 0.05) is 6.04 Å². The van der Waals surface area contributed by atoms with E-state index in [1.165, 1.54) is 30.7 Å². The van der Waals surface area contributed by atoms with Crippen LogP contribution in [0, 0.1) is 17.7 Å². The Morgan fingerprint density at radius 1 is 1.11 bits per heavy atom. The molecule has 2 bridgehead atoms. The fourth-order valence-corrected chi connectivity index (χ4v) is 4.59. The molecule has 0 unspecified atom stereocenters. The predicted octanol–water partition coefficient (Wildman–Crippen LogP) is 2.29.